The molecule has 8 nitrogen and oxygen atoms in total. The summed E-state index contributed by atoms with van der Waals surface area (Å²) in [5.41, 5.74) is 7.24. The largest absolute Gasteiger partial charge is 0.390 e. The molecule has 3 aromatic carbocycles. The molecule has 0 unspecified atom stereocenters. The molecule has 0 aromatic heterocycles. The summed E-state index contributed by atoms with van der Waals surface area (Å²) in [6.07, 6.45) is 0.483. The number of benzene rings is 3. The number of amides is 3. The van der Waals surface area contributed by atoms with Gasteiger partial charge in [-0.05, 0) is 66.8 Å². The third-order valence-corrected chi connectivity index (χ3v) is 6.90. The van der Waals surface area contributed by atoms with E-state index in [0.717, 1.165) is 18.4 Å². The van der Waals surface area contributed by atoms with Crippen LogP contribution in [0.2, 0.25) is 5.02 Å². The Balaban J connectivity index is 1.87. The van der Waals surface area contributed by atoms with E-state index >= 15 is 0 Å². The van der Waals surface area contributed by atoms with Crippen molar-refractivity contribution in [1.82, 2.24) is 15.5 Å². The van der Waals surface area contributed by atoms with E-state index < -0.39 is 29.8 Å². The number of aliphatic hydroxyl groups is 1. The third kappa shape index (κ3) is 9.65. The SMILES string of the molecule is CCCN(CCC)C(=O)c1cc(C(N)=O)cc(C(=O)N[C@H](Cc2cc(F)cc(Cl)c2)[C@@H](O)CNCc2ccccc2)c1. The summed E-state index contributed by atoms with van der Waals surface area (Å²) in [7, 11) is 0. The summed E-state index contributed by atoms with van der Waals surface area (Å²) >= 11 is 6.05. The molecule has 0 radical (unpaired) electrons. The predicted molar refractivity (Wildman–Crippen MR) is 162 cm³/mol. The molecule has 224 valence electrons. The normalized spacial score (nSPS) is 12.4. The van der Waals surface area contributed by atoms with Gasteiger partial charge in [-0.15, -0.1) is 0 Å². The molecule has 5 N–H and O–H groups in total. The highest BCUT2D eigenvalue weighted by atomic mass is 35.5. The van der Waals surface area contributed by atoms with Gasteiger partial charge in [0.1, 0.15) is 5.82 Å². The van der Waals surface area contributed by atoms with E-state index in [4.69, 9.17) is 17.3 Å². The zero-order chi connectivity index (χ0) is 30.6. The molecule has 0 aliphatic rings. The van der Waals surface area contributed by atoms with E-state index in [9.17, 15) is 23.9 Å². The lowest BCUT2D eigenvalue weighted by molar-refractivity contribution is 0.0755. The average molecular weight is 597 g/mol. The van der Waals surface area contributed by atoms with E-state index in [-0.39, 0.29) is 40.6 Å². The number of carbonyl (C=O) groups is 3. The van der Waals surface area contributed by atoms with Crippen LogP contribution >= 0.6 is 11.6 Å². The molecule has 2 atom stereocenters. The number of rotatable bonds is 15. The highest BCUT2D eigenvalue weighted by Crippen LogP contribution is 2.18. The summed E-state index contributed by atoms with van der Waals surface area (Å²) in [5, 5.41) is 17.3. The second-order valence-corrected chi connectivity index (χ2v) is 10.6. The van der Waals surface area contributed by atoms with Crippen LogP contribution in [0.4, 0.5) is 4.39 Å². The molecule has 0 saturated carbocycles. The molecule has 10 heteroatoms. The first-order valence-corrected chi connectivity index (χ1v) is 14.4. The van der Waals surface area contributed by atoms with E-state index in [1.807, 2.05) is 44.2 Å². The van der Waals surface area contributed by atoms with Gasteiger partial charge < -0.3 is 26.4 Å². The Hall–Kier alpha value is -3.79. The lowest BCUT2D eigenvalue weighted by Gasteiger charge is -2.25. The molecule has 0 heterocycles. The Kier molecular flexibility index (Phi) is 12.5. The Labute approximate surface area is 251 Å². The van der Waals surface area contributed by atoms with Crippen molar-refractivity contribution in [3.63, 3.8) is 0 Å². The van der Waals surface area contributed by atoms with Crippen LogP contribution in [0.5, 0.6) is 0 Å². The van der Waals surface area contributed by atoms with Crippen molar-refractivity contribution in [1.29, 1.82) is 0 Å². The fraction of sp³-hybridized carbons (Fsp3) is 0.344. The number of nitrogens with zero attached hydrogens (tertiary/aromatic N) is 1. The van der Waals surface area contributed by atoms with Crippen LogP contribution in [0.3, 0.4) is 0 Å². The van der Waals surface area contributed by atoms with Crippen molar-refractivity contribution in [2.24, 2.45) is 5.73 Å². The number of primary amides is 1. The minimum absolute atomic E-state index is 0.0116. The molecule has 3 amide bonds. The number of hydrogen-bond donors (Lipinski definition) is 4. The maximum atomic E-state index is 14.1. The van der Waals surface area contributed by atoms with Gasteiger partial charge in [-0.2, -0.15) is 0 Å². The van der Waals surface area contributed by atoms with Crippen LogP contribution in [0, 0.1) is 5.82 Å². The molecule has 0 fully saturated rings. The smallest absolute Gasteiger partial charge is 0.253 e. The minimum Gasteiger partial charge on any atom is -0.390 e. The van der Waals surface area contributed by atoms with Crippen LogP contribution in [0.25, 0.3) is 0 Å². The van der Waals surface area contributed by atoms with Crippen LogP contribution in [-0.4, -0.2) is 59.5 Å². The van der Waals surface area contributed by atoms with Crippen molar-refractivity contribution in [2.75, 3.05) is 19.6 Å². The fourth-order valence-electron chi connectivity index (χ4n) is 4.68. The maximum Gasteiger partial charge on any atom is 0.253 e. The Morgan fingerprint density at radius 1 is 0.929 bits per heavy atom. The fourth-order valence-corrected chi connectivity index (χ4v) is 4.93. The lowest BCUT2D eigenvalue weighted by Crippen LogP contribution is -2.48. The number of nitrogens with one attached hydrogen (secondary N) is 2. The number of halogens is 2. The molecule has 3 rings (SSSR count). The van der Waals surface area contributed by atoms with Gasteiger partial charge in [0.25, 0.3) is 11.8 Å². The van der Waals surface area contributed by atoms with Gasteiger partial charge in [0.15, 0.2) is 0 Å². The monoisotopic (exact) mass is 596 g/mol. The van der Waals surface area contributed by atoms with Crippen LogP contribution < -0.4 is 16.4 Å². The van der Waals surface area contributed by atoms with Gasteiger partial charge in [-0.25, -0.2) is 4.39 Å². The van der Waals surface area contributed by atoms with Crippen LogP contribution in [0.15, 0.2) is 66.7 Å². The van der Waals surface area contributed by atoms with Crippen molar-refractivity contribution in [2.45, 2.75) is 51.8 Å². The summed E-state index contributed by atoms with van der Waals surface area (Å²) in [4.78, 5) is 40.6. The van der Waals surface area contributed by atoms with Crippen LogP contribution in [-0.2, 0) is 13.0 Å². The Bertz CT molecular complexity index is 1350. The average Bonchev–Trinajstić information content (AvgIpc) is 2.96. The van der Waals surface area contributed by atoms with E-state index in [1.54, 1.807) is 11.0 Å². The number of aliphatic hydroxyl groups excluding tert-OH is 1. The number of carbonyl (C=O) groups excluding carboxylic acids is 3. The van der Waals surface area contributed by atoms with Gasteiger partial charge >= 0.3 is 0 Å². The van der Waals surface area contributed by atoms with Gasteiger partial charge in [0.05, 0.1) is 12.1 Å². The van der Waals surface area contributed by atoms with Gasteiger partial charge in [-0.3, -0.25) is 14.4 Å². The van der Waals surface area contributed by atoms with Crippen LogP contribution in [0.1, 0.15) is 68.9 Å². The first-order valence-electron chi connectivity index (χ1n) is 14.0. The van der Waals surface area contributed by atoms with Crippen molar-refractivity contribution in [3.8, 4) is 0 Å². The van der Waals surface area contributed by atoms with Crippen molar-refractivity contribution in [3.05, 3.63) is 105 Å². The quantitative estimate of drug-likeness (QED) is 0.208. The molecule has 42 heavy (non-hydrogen) atoms. The molecular formula is C32H38ClFN4O4. The predicted octanol–water partition coefficient (Wildman–Crippen LogP) is 4.33. The number of hydrogen-bond acceptors (Lipinski definition) is 5. The number of nitrogens with two attached hydrogens (primary N) is 1. The zero-order valence-corrected chi connectivity index (χ0v) is 24.7. The summed E-state index contributed by atoms with van der Waals surface area (Å²) in [5.74, 6) is -2.26. The summed E-state index contributed by atoms with van der Waals surface area (Å²) < 4.78 is 14.1. The van der Waals surface area contributed by atoms with Gasteiger partial charge in [0, 0.05) is 47.9 Å². The Morgan fingerprint density at radius 3 is 2.19 bits per heavy atom. The van der Waals surface area contributed by atoms with E-state index in [2.05, 4.69) is 10.6 Å². The summed E-state index contributed by atoms with van der Waals surface area (Å²) in [6, 6.07) is 16.9. The van der Waals surface area contributed by atoms with E-state index in [1.165, 1.54) is 30.3 Å². The highest BCUT2D eigenvalue weighted by molar-refractivity contribution is 6.30. The first-order chi connectivity index (χ1) is 20.1. The topological polar surface area (TPSA) is 125 Å². The zero-order valence-electron chi connectivity index (χ0n) is 23.9. The Morgan fingerprint density at radius 2 is 1.57 bits per heavy atom. The molecule has 3 aromatic rings. The van der Waals surface area contributed by atoms with Gasteiger partial charge in [0.2, 0.25) is 5.91 Å². The minimum atomic E-state index is -1.08. The molecule has 0 aliphatic carbocycles. The lowest BCUT2D eigenvalue weighted by atomic mass is 9.99. The third-order valence-electron chi connectivity index (χ3n) is 6.69. The molecule has 0 spiro atoms. The molecular weight excluding hydrogens is 559 g/mol. The highest BCUT2D eigenvalue weighted by Gasteiger charge is 2.25. The van der Waals surface area contributed by atoms with Crippen molar-refractivity contribution >= 4 is 29.3 Å². The first kappa shape index (κ1) is 32.7. The molecule has 0 saturated heterocycles. The summed E-state index contributed by atoms with van der Waals surface area (Å²) in [6.45, 7) is 5.57. The second-order valence-electron chi connectivity index (χ2n) is 10.2. The van der Waals surface area contributed by atoms with Crippen molar-refractivity contribution < 1.29 is 23.9 Å². The standard InChI is InChI=1S/C32H38ClFN4O4/c1-3-10-38(11-4-2)32(42)25-16-23(30(35)40)15-24(17-25)31(41)37-28(14-22-12-26(33)18-27(34)13-22)29(39)20-36-19-21-8-6-5-7-9-21/h5-9,12-13,15-18,28-29,36,39H,3-4,10-11,14,19-20H2,1-2H3,(H2,35,40)(H,37,41)/t28-,29+/m1/s1. The van der Waals surface area contributed by atoms with Gasteiger partial charge in [-0.1, -0.05) is 55.8 Å². The molecule has 0 aliphatic heterocycles. The molecule has 0 bridgehead atoms. The second kappa shape index (κ2) is 16.0. The van der Waals surface area contributed by atoms with E-state index in [0.29, 0.717) is 25.2 Å². The maximum absolute atomic E-state index is 14.1.